The molecule has 6 nitrogen and oxygen atoms in total. The van der Waals surface area contributed by atoms with E-state index in [0.29, 0.717) is 0 Å². The molecule has 0 aliphatic rings. The number of hydrogen-bond acceptors (Lipinski definition) is 6. The lowest BCUT2D eigenvalue weighted by Crippen LogP contribution is -2.12. The van der Waals surface area contributed by atoms with Crippen LogP contribution in [-0.4, -0.2) is 21.1 Å². The molecule has 0 saturated carbocycles. The van der Waals surface area contributed by atoms with Gasteiger partial charge in [0.05, 0.1) is 17.1 Å². The first-order valence-electron chi connectivity index (χ1n) is 46.0. The minimum atomic E-state index is 1.11. The summed E-state index contributed by atoms with van der Waals surface area (Å²) in [5, 5.41) is 22.8. The topological polar surface area (TPSA) is 19.4 Å². The highest BCUT2D eigenvalue weighted by Crippen LogP contribution is 2.49. The highest BCUT2D eigenvalue weighted by atomic mass is 15.2. The van der Waals surface area contributed by atoms with Gasteiger partial charge in [-0.2, -0.15) is 0 Å². The number of fused-ring (bicyclic) bond motifs is 8. The van der Waals surface area contributed by atoms with Gasteiger partial charge in [-0.05, 0) is 262 Å². The molecule has 0 aromatic heterocycles. The van der Waals surface area contributed by atoms with Crippen molar-refractivity contribution in [3.05, 3.63) is 515 Å². The third kappa shape index (κ3) is 16.0. The molecule has 24 rings (SSSR count). The van der Waals surface area contributed by atoms with Gasteiger partial charge < -0.3 is 29.4 Å². The van der Waals surface area contributed by atoms with Gasteiger partial charge in [-0.25, -0.2) is 0 Å². The molecule has 0 heterocycles. The Labute approximate surface area is 782 Å². The highest BCUT2D eigenvalue weighted by Gasteiger charge is 2.24. The maximum Gasteiger partial charge on any atom is 0.0540 e. The van der Waals surface area contributed by atoms with Crippen LogP contribution in [0.5, 0.6) is 0 Å². The van der Waals surface area contributed by atoms with Crippen LogP contribution >= 0.6 is 0 Å². The smallest absolute Gasteiger partial charge is 0.0540 e. The zero-order chi connectivity index (χ0) is 90.0. The summed E-state index contributed by atoms with van der Waals surface area (Å²) in [4.78, 5) is 14.0. The number of nitrogens with zero attached hydrogens (tertiary/aromatic N) is 6. The Balaban J connectivity index is 0.000000118. The van der Waals surface area contributed by atoms with Crippen LogP contribution < -0.4 is 29.4 Å². The highest BCUT2D eigenvalue weighted by molar-refractivity contribution is 6.34. The van der Waals surface area contributed by atoms with E-state index in [-0.39, 0.29) is 0 Å². The van der Waals surface area contributed by atoms with Crippen LogP contribution in [0.2, 0.25) is 0 Å². The molecule has 0 N–H and O–H groups in total. The van der Waals surface area contributed by atoms with E-state index in [2.05, 4.69) is 567 Å². The van der Waals surface area contributed by atoms with Crippen LogP contribution in [0.1, 0.15) is 5.56 Å². The predicted octanol–water partition coefficient (Wildman–Crippen LogP) is 35.9. The standard InChI is InChI=1S/C49H34N2.C43H32N2.C36H30N2/c1-50(46-31-30-44-42-22-9-17-35-16-8-21-41(48(35)42)43-23-11-24-45(46)49(43)44)37-26-28-38(29-27-37)51(47-25-10-15-34-14-5-6-20-40(34)47)39-19-7-18-36(32-39)33-12-3-2-4-13-33;1-44(43-30-34-16-6-7-20-38(34)40-22-9-10-23-41(40)43)35-25-27-36(28-26-35)45(42-24-12-17-32-15-5-8-21-39(32)42)37-19-11-18-33(29-37)31-13-3-2-4-14-31;1-27-18-20-31(21-19-27)37(2)32-22-24-33(25-23-32)38(36-17-9-13-29-12-6-7-16-35(29)36)34-15-8-14-30(26-34)28-10-4-3-5-11-28/h2-32H,1H3;2-30H,1H3;3-26H,1-2H3. The second-order valence-electron chi connectivity index (χ2n) is 34.5. The molecule has 0 fully saturated rings. The molecule has 24 aromatic carbocycles. The number of benzene rings is 24. The van der Waals surface area contributed by atoms with E-state index >= 15 is 0 Å². The summed E-state index contributed by atoms with van der Waals surface area (Å²) in [5.41, 5.74) is 25.6. The minimum Gasteiger partial charge on any atom is -0.345 e. The van der Waals surface area contributed by atoms with E-state index in [4.69, 9.17) is 0 Å². The van der Waals surface area contributed by atoms with Crippen LogP contribution in [-0.2, 0) is 0 Å². The average Bonchev–Trinajstić information content (AvgIpc) is 0.711. The number of hydrogen-bond donors (Lipinski definition) is 0. The molecule has 0 spiro atoms. The SMILES string of the molecule is CN(c1ccc(N(c2cccc(-c3ccccc3)c2)c2cccc3ccccc23)cc1)c1cc2ccccc2c2ccccc12.CN(c1ccc(N(c2cccc(-c3ccccc3)c2)c2cccc3ccccc23)cc1)c1ccc2c3cccc4cccc(c5cccc1c52)c43.Cc1ccc(N(C)c2ccc(N(c3cccc(-c4ccccc4)c3)c3cccc4ccccc34)cc2)cc1. The van der Waals surface area contributed by atoms with Gasteiger partial charge in [-0.3, -0.25) is 0 Å². The lowest BCUT2D eigenvalue weighted by atomic mass is 9.89. The average molecular weight is 1720 g/mol. The molecular weight excluding hydrogens is 1620 g/mol. The van der Waals surface area contributed by atoms with Crippen molar-refractivity contribution < 1.29 is 0 Å². The number of rotatable bonds is 18. The molecule has 0 aliphatic heterocycles. The van der Waals surface area contributed by atoms with Crippen molar-refractivity contribution in [1.82, 2.24) is 0 Å². The van der Waals surface area contributed by atoms with Crippen LogP contribution in [0, 0.1) is 6.92 Å². The Morgan fingerprint density at radius 3 is 0.836 bits per heavy atom. The molecule has 0 radical (unpaired) electrons. The fourth-order valence-corrected chi connectivity index (χ4v) is 19.8. The second-order valence-corrected chi connectivity index (χ2v) is 34.5. The summed E-state index contributed by atoms with van der Waals surface area (Å²) in [6.45, 7) is 2.12. The van der Waals surface area contributed by atoms with E-state index in [9.17, 15) is 0 Å². The Morgan fingerprint density at radius 2 is 0.410 bits per heavy atom. The quantitative estimate of drug-likeness (QED) is 0.0625. The largest absolute Gasteiger partial charge is 0.345 e. The van der Waals surface area contributed by atoms with Gasteiger partial charge in [-0.1, -0.05) is 363 Å². The predicted molar refractivity (Wildman–Crippen MR) is 577 cm³/mol. The van der Waals surface area contributed by atoms with Gasteiger partial charge in [0.1, 0.15) is 0 Å². The van der Waals surface area contributed by atoms with Gasteiger partial charge in [0.25, 0.3) is 0 Å². The van der Waals surface area contributed by atoms with Crippen molar-refractivity contribution in [3.63, 3.8) is 0 Å². The maximum absolute atomic E-state index is 2.39. The molecule has 24 aromatic rings. The summed E-state index contributed by atoms with van der Waals surface area (Å²) in [6, 6.07) is 184. The minimum absolute atomic E-state index is 1.11. The zero-order valence-corrected chi connectivity index (χ0v) is 75.2. The fourth-order valence-electron chi connectivity index (χ4n) is 19.8. The van der Waals surface area contributed by atoms with Crippen LogP contribution in [0.3, 0.4) is 0 Å². The Hall–Kier alpha value is -17.3. The third-order valence-electron chi connectivity index (χ3n) is 26.5. The van der Waals surface area contributed by atoms with Crippen molar-refractivity contribution in [2.24, 2.45) is 0 Å². The molecular formula is C128H96N6. The number of aryl methyl sites for hydroxylation is 1. The van der Waals surface area contributed by atoms with Crippen LogP contribution in [0.15, 0.2) is 510 Å². The van der Waals surface area contributed by atoms with Gasteiger partial charge in [0.2, 0.25) is 0 Å². The molecule has 0 amide bonds. The van der Waals surface area contributed by atoms with Crippen LogP contribution in [0.4, 0.5) is 85.3 Å². The van der Waals surface area contributed by atoms with E-state index < -0.39 is 0 Å². The van der Waals surface area contributed by atoms with Crippen molar-refractivity contribution in [1.29, 1.82) is 0 Å². The molecule has 0 aliphatic carbocycles. The first-order valence-corrected chi connectivity index (χ1v) is 46.0. The fraction of sp³-hybridized carbons (Fsp3) is 0.0312. The van der Waals surface area contributed by atoms with E-state index in [1.54, 1.807) is 0 Å². The van der Waals surface area contributed by atoms with Crippen molar-refractivity contribution in [2.75, 3.05) is 50.5 Å². The Kier molecular flexibility index (Phi) is 22.3. The first kappa shape index (κ1) is 82.4. The molecule has 0 bridgehead atoms. The molecule has 6 heteroatoms. The third-order valence-corrected chi connectivity index (χ3v) is 26.5. The second kappa shape index (κ2) is 36.3. The number of anilines is 15. The van der Waals surface area contributed by atoms with Gasteiger partial charge in [0.15, 0.2) is 0 Å². The van der Waals surface area contributed by atoms with Crippen molar-refractivity contribution in [3.8, 4) is 33.4 Å². The lowest BCUT2D eigenvalue weighted by molar-refractivity contribution is 1.20. The summed E-state index contributed by atoms with van der Waals surface area (Å²) in [5.74, 6) is 0. The molecule has 0 unspecified atom stereocenters. The van der Waals surface area contributed by atoms with Crippen molar-refractivity contribution in [2.45, 2.75) is 6.92 Å². The molecule has 134 heavy (non-hydrogen) atoms. The summed E-state index contributed by atoms with van der Waals surface area (Å²) in [6.07, 6.45) is 0. The maximum atomic E-state index is 2.39. The zero-order valence-electron chi connectivity index (χ0n) is 75.2. The summed E-state index contributed by atoms with van der Waals surface area (Å²) in [7, 11) is 6.46. The first-order chi connectivity index (χ1) is 66.1. The normalized spacial score (nSPS) is 11.3. The van der Waals surface area contributed by atoms with E-state index in [0.717, 1.165) is 68.2 Å². The van der Waals surface area contributed by atoms with Gasteiger partial charge in [0, 0.05) is 116 Å². The Morgan fingerprint density at radius 1 is 0.134 bits per heavy atom. The Bertz CT molecular complexity index is 8310. The lowest BCUT2D eigenvalue weighted by Gasteiger charge is -2.28. The monoisotopic (exact) mass is 1720 g/mol. The van der Waals surface area contributed by atoms with Crippen LogP contribution in [0.25, 0.3) is 130 Å². The van der Waals surface area contributed by atoms with E-state index in [1.807, 2.05) is 0 Å². The molecule has 0 atom stereocenters. The summed E-state index contributed by atoms with van der Waals surface area (Å²) < 4.78 is 0. The molecule has 638 valence electrons. The molecule has 0 saturated heterocycles. The van der Waals surface area contributed by atoms with Gasteiger partial charge >= 0.3 is 0 Å². The van der Waals surface area contributed by atoms with E-state index in [1.165, 1.54) is 153 Å². The van der Waals surface area contributed by atoms with Crippen molar-refractivity contribution >= 4 is 182 Å². The van der Waals surface area contributed by atoms with Gasteiger partial charge in [-0.15, -0.1) is 0 Å². The summed E-state index contributed by atoms with van der Waals surface area (Å²) >= 11 is 0.